The lowest BCUT2D eigenvalue weighted by Crippen LogP contribution is -2.21. The van der Waals surface area contributed by atoms with Crippen molar-refractivity contribution in [2.45, 2.75) is 6.54 Å². The first kappa shape index (κ1) is 14.9. The molecule has 0 radical (unpaired) electrons. The van der Waals surface area contributed by atoms with Gasteiger partial charge >= 0.3 is 0 Å². The van der Waals surface area contributed by atoms with Gasteiger partial charge in [-0.25, -0.2) is 0 Å². The van der Waals surface area contributed by atoms with Gasteiger partial charge in [0, 0.05) is 19.7 Å². The maximum absolute atomic E-state index is 11.9. The summed E-state index contributed by atoms with van der Waals surface area (Å²) in [5.41, 5.74) is 1.18. The molecule has 1 N–H and O–H groups in total. The second-order valence-corrected chi connectivity index (χ2v) is 5.03. The molecule has 0 atom stereocenters. The van der Waals surface area contributed by atoms with Crippen molar-refractivity contribution < 1.29 is 9.21 Å². The second-order valence-electron chi connectivity index (χ2n) is 4.63. The number of rotatable bonds is 4. The molecular formula is C15H14ClN3O2. The standard InChI is InChI=1S/C15H14ClN3O2/c1-19(2)15(20)10-3-6-13(16)14(7-10)18-9-12-5-4-11(8-17)21-12/h3-7,18H,9H2,1-2H3. The number of nitrogens with zero attached hydrogens (tertiary/aromatic N) is 2. The van der Waals surface area contributed by atoms with Crippen molar-refractivity contribution in [3.8, 4) is 6.07 Å². The fourth-order valence-electron chi connectivity index (χ4n) is 1.77. The Labute approximate surface area is 127 Å². The molecule has 21 heavy (non-hydrogen) atoms. The van der Waals surface area contributed by atoms with Gasteiger partial charge in [0.25, 0.3) is 5.91 Å². The van der Waals surface area contributed by atoms with Crippen LogP contribution in [0.1, 0.15) is 21.9 Å². The van der Waals surface area contributed by atoms with Crippen molar-refractivity contribution in [2.75, 3.05) is 19.4 Å². The van der Waals surface area contributed by atoms with Crippen LogP contribution in [0.4, 0.5) is 5.69 Å². The van der Waals surface area contributed by atoms with Crippen LogP contribution in [-0.4, -0.2) is 24.9 Å². The summed E-state index contributed by atoms with van der Waals surface area (Å²) in [5, 5.41) is 12.3. The Bertz CT molecular complexity index is 701. The third-order valence-electron chi connectivity index (χ3n) is 2.84. The number of nitriles is 1. The number of halogens is 1. The van der Waals surface area contributed by atoms with Crippen molar-refractivity contribution in [3.05, 3.63) is 52.4 Å². The van der Waals surface area contributed by atoms with Gasteiger partial charge in [-0.2, -0.15) is 5.26 Å². The zero-order chi connectivity index (χ0) is 15.4. The Kier molecular flexibility index (Phi) is 4.51. The number of furan rings is 1. The van der Waals surface area contributed by atoms with Crippen LogP contribution in [-0.2, 0) is 6.54 Å². The van der Waals surface area contributed by atoms with E-state index in [0.717, 1.165) is 0 Å². The van der Waals surface area contributed by atoms with Crippen LogP contribution >= 0.6 is 11.6 Å². The Morgan fingerprint density at radius 1 is 1.38 bits per heavy atom. The van der Waals surface area contributed by atoms with E-state index in [-0.39, 0.29) is 11.7 Å². The number of hydrogen-bond acceptors (Lipinski definition) is 4. The van der Waals surface area contributed by atoms with Gasteiger partial charge in [0.2, 0.25) is 5.76 Å². The highest BCUT2D eigenvalue weighted by atomic mass is 35.5. The molecule has 108 valence electrons. The van der Waals surface area contributed by atoms with Crippen LogP contribution in [0.15, 0.2) is 34.7 Å². The summed E-state index contributed by atoms with van der Waals surface area (Å²) in [4.78, 5) is 13.4. The summed E-state index contributed by atoms with van der Waals surface area (Å²) < 4.78 is 5.27. The van der Waals surface area contributed by atoms with Gasteiger partial charge in [-0.1, -0.05) is 11.6 Å². The van der Waals surface area contributed by atoms with Crippen LogP contribution in [0.2, 0.25) is 5.02 Å². The molecule has 5 nitrogen and oxygen atoms in total. The van der Waals surface area contributed by atoms with E-state index in [0.29, 0.717) is 28.6 Å². The molecule has 1 amide bonds. The SMILES string of the molecule is CN(C)C(=O)c1ccc(Cl)c(NCc2ccc(C#N)o2)c1. The number of nitrogens with one attached hydrogen (secondary N) is 1. The van der Waals surface area contributed by atoms with Crippen LogP contribution in [0.5, 0.6) is 0 Å². The third-order valence-corrected chi connectivity index (χ3v) is 3.17. The summed E-state index contributed by atoms with van der Waals surface area (Å²) >= 11 is 6.11. The van der Waals surface area contributed by atoms with Crippen LogP contribution in [0.25, 0.3) is 0 Å². The smallest absolute Gasteiger partial charge is 0.253 e. The average Bonchev–Trinajstić information content (AvgIpc) is 2.93. The zero-order valence-corrected chi connectivity index (χ0v) is 12.4. The minimum Gasteiger partial charge on any atom is -0.449 e. The molecule has 0 fully saturated rings. The van der Waals surface area contributed by atoms with Crippen LogP contribution in [0.3, 0.4) is 0 Å². The molecule has 0 saturated carbocycles. The van der Waals surface area contributed by atoms with Gasteiger partial charge in [0.05, 0.1) is 17.3 Å². The van der Waals surface area contributed by atoms with Crippen LogP contribution < -0.4 is 5.32 Å². The quantitative estimate of drug-likeness (QED) is 0.942. The van der Waals surface area contributed by atoms with Crippen molar-refractivity contribution in [1.29, 1.82) is 5.26 Å². The fraction of sp³-hybridized carbons (Fsp3) is 0.200. The van der Waals surface area contributed by atoms with Gasteiger partial charge < -0.3 is 14.6 Å². The van der Waals surface area contributed by atoms with E-state index in [1.165, 1.54) is 4.90 Å². The number of carbonyl (C=O) groups is 1. The number of anilines is 1. The molecule has 1 aromatic heterocycles. The van der Waals surface area contributed by atoms with Gasteiger partial charge in [0.1, 0.15) is 11.8 Å². The molecule has 0 aliphatic carbocycles. The number of hydrogen-bond donors (Lipinski definition) is 1. The zero-order valence-electron chi connectivity index (χ0n) is 11.7. The van der Waals surface area contributed by atoms with Gasteiger partial charge in [0.15, 0.2) is 0 Å². The van der Waals surface area contributed by atoms with Crippen molar-refractivity contribution in [1.82, 2.24) is 4.90 Å². The Morgan fingerprint density at radius 2 is 2.14 bits per heavy atom. The average molecular weight is 304 g/mol. The first-order valence-corrected chi connectivity index (χ1v) is 6.63. The molecule has 2 aromatic rings. The lowest BCUT2D eigenvalue weighted by Gasteiger charge is -2.13. The van der Waals surface area contributed by atoms with Gasteiger partial charge in [-0.3, -0.25) is 4.79 Å². The number of carbonyl (C=O) groups excluding carboxylic acids is 1. The number of benzene rings is 1. The molecule has 0 aliphatic heterocycles. The van der Waals surface area contributed by atoms with Gasteiger partial charge in [-0.05, 0) is 30.3 Å². The highest BCUT2D eigenvalue weighted by Gasteiger charge is 2.11. The monoisotopic (exact) mass is 303 g/mol. The van der Waals surface area contributed by atoms with Crippen LogP contribution in [0, 0.1) is 11.3 Å². The first-order chi connectivity index (χ1) is 10.0. The molecule has 0 bridgehead atoms. The molecule has 1 aromatic carbocycles. The largest absolute Gasteiger partial charge is 0.449 e. The Hall–Kier alpha value is -2.45. The third kappa shape index (κ3) is 3.56. The minimum atomic E-state index is -0.0977. The van der Waals surface area contributed by atoms with E-state index >= 15 is 0 Å². The molecule has 0 saturated heterocycles. The first-order valence-electron chi connectivity index (χ1n) is 6.25. The maximum Gasteiger partial charge on any atom is 0.253 e. The Balaban J connectivity index is 2.14. The van der Waals surface area contributed by atoms with Crippen molar-refractivity contribution in [2.24, 2.45) is 0 Å². The van der Waals surface area contributed by atoms with Crippen molar-refractivity contribution >= 4 is 23.2 Å². The summed E-state index contributed by atoms with van der Waals surface area (Å²) in [6.07, 6.45) is 0. The highest BCUT2D eigenvalue weighted by Crippen LogP contribution is 2.24. The summed E-state index contributed by atoms with van der Waals surface area (Å²) in [6, 6.07) is 10.3. The normalized spacial score (nSPS) is 10.0. The molecule has 1 heterocycles. The lowest BCUT2D eigenvalue weighted by atomic mass is 10.1. The Morgan fingerprint density at radius 3 is 2.76 bits per heavy atom. The van der Waals surface area contributed by atoms with E-state index in [4.69, 9.17) is 21.3 Å². The predicted molar refractivity (Wildman–Crippen MR) is 80.2 cm³/mol. The minimum absolute atomic E-state index is 0.0977. The predicted octanol–water partition coefficient (Wildman–Crippen LogP) is 3.12. The maximum atomic E-state index is 11.9. The van der Waals surface area contributed by atoms with E-state index in [9.17, 15) is 4.79 Å². The lowest BCUT2D eigenvalue weighted by molar-refractivity contribution is 0.0827. The topological polar surface area (TPSA) is 69.3 Å². The molecule has 6 heteroatoms. The molecular weight excluding hydrogens is 290 g/mol. The second kappa shape index (κ2) is 6.33. The summed E-state index contributed by atoms with van der Waals surface area (Å²) in [7, 11) is 3.38. The molecule has 0 aliphatic rings. The van der Waals surface area contributed by atoms with E-state index in [2.05, 4.69) is 5.32 Å². The van der Waals surface area contributed by atoms with E-state index in [1.54, 1.807) is 44.4 Å². The van der Waals surface area contributed by atoms with Gasteiger partial charge in [-0.15, -0.1) is 0 Å². The fourth-order valence-corrected chi connectivity index (χ4v) is 1.95. The molecule has 0 spiro atoms. The molecule has 0 unspecified atom stereocenters. The number of amides is 1. The van der Waals surface area contributed by atoms with E-state index in [1.807, 2.05) is 6.07 Å². The summed E-state index contributed by atoms with van der Waals surface area (Å²) in [5.74, 6) is 0.779. The highest BCUT2D eigenvalue weighted by molar-refractivity contribution is 6.33. The summed E-state index contributed by atoms with van der Waals surface area (Å²) in [6.45, 7) is 0.376. The van der Waals surface area contributed by atoms with Crippen molar-refractivity contribution in [3.63, 3.8) is 0 Å². The van der Waals surface area contributed by atoms with E-state index < -0.39 is 0 Å². The molecule has 2 rings (SSSR count).